The Kier molecular flexibility index (Phi) is 3.35. The van der Waals surface area contributed by atoms with Gasteiger partial charge in [-0.3, -0.25) is 0 Å². The van der Waals surface area contributed by atoms with Crippen LogP contribution in [0, 0.1) is 0 Å². The fourth-order valence-electron chi connectivity index (χ4n) is 1.69. The number of H-pyrrole nitrogens is 1. The molecule has 1 unspecified atom stereocenters. The Labute approximate surface area is 99.8 Å². The summed E-state index contributed by atoms with van der Waals surface area (Å²) >= 11 is 0. The molecule has 0 fully saturated rings. The number of rotatable bonds is 4. The lowest BCUT2D eigenvalue weighted by molar-refractivity contribution is 0.219. The van der Waals surface area contributed by atoms with E-state index in [1.54, 1.807) is 44.8 Å². The van der Waals surface area contributed by atoms with Gasteiger partial charge in [0.05, 0.1) is 14.2 Å². The Morgan fingerprint density at radius 1 is 1.06 bits per heavy atom. The average molecular weight is 233 g/mol. The lowest BCUT2D eigenvalue weighted by Gasteiger charge is -2.12. The molecule has 0 aliphatic rings. The number of aliphatic hydroxyl groups excluding tert-OH is 1. The first kappa shape index (κ1) is 11.5. The van der Waals surface area contributed by atoms with Crippen molar-refractivity contribution in [2.75, 3.05) is 14.2 Å². The first-order valence-electron chi connectivity index (χ1n) is 5.28. The van der Waals surface area contributed by atoms with Crippen LogP contribution in [-0.4, -0.2) is 24.3 Å². The Hall–Kier alpha value is -1.94. The molecular formula is C13H15NO3. The molecule has 2 rings (SSSR count). The zero-order valence-corrected chi connectivity index (χ0v) is 9.81. The molecule has 1 heterocycles. The maximum atomic E-state index is 10.2. The van der Waals surface area contributed by atoms with Crippen LogP contribution in [0.15, 0.2) is 36.7 Å². The van der Waals surface area contributed by atoms with Gasteiger partial charge in [-0.05, 0) is 23.8 Å². The number of aromatic amines is 1. The highest BCUT2D eigenvalue weighted by atomic mass is 16.5. The average Bonchev–Trinajstić information content (AvgIpc) is 2.91. The highest BCUT2D eigenvalue weighted by Crippen LogP contribution is 2.29. The number of benzene rings is 1. The third-order valence-electron chi connectivity index (χ3n) is 2.63. The summed E-state index contributed by atoms with van der Waals surface area (Å²) in [6, 6.07) is 7.18. The van der Waals surface area contributed by atoms with E-state index in [4.69, 9.17) is 9.47 Å². The van der Waals surface area contributed by atoms with E-state index in [2.05, 4.69) is 4.98 Å². The summed E-state index contributed by atoms with van der Waals surface area (Å²) in [5.41, 5.74) is 1.54. The Morgan fingerprint density at radius 2 is 1.71 bits per heavy atom. The SMILES string of the molecule is COc1cc(OC)cc(C(O)c2cc[nH]c2)c1. The van der Waals surface area contributed by atoms with Gasteiger partial charge in [0, 0.05) is 24.0 Å². The van der Waals surface area contributed by atoms with Gasteiger partial charge in [0.2, 0.25) is 0 Å². The molecule has 1 aromatic heterocycles. The molecule has 1 atom stereocenters. The molecule has 17 heavy (non-hydrogen) atoms. The van der Waals surface area contributed by atoms with E-state index in [-0.39, 0.29) is 0 Å². The minimum absolute atomic E-state index is 0.661. The predicted octanol–water partition coefficient (Wildman–Crippen LogP) is 2.11. The summed E-state index contributed by atoms with van der Waals surface area (Å²) < 4.78 is 10.3. The van der Waals surface area contributed by atoms with E-state index in [0.717, 1.165) is 11.1 Å². The molecule has 2 N–H and O–H groups in total. The van der Waals surface area contributed by atoms with Crippen molar-refractivity contribution in [1.29, 1.82) is 0 Å². The normalized spacial score (nSPS) is 12.2. The molecule has 0 saturated heterocycles. The first-order chi connectivity index (χ1) is 8.24. The zero-order valence-electron chi connectivity index (χ0n) is 9.81. The van der Waals surface area contributed by atoms with Crippen LogP contribution in [0.4, 0.5) is 0 Å². The van der Waals surface area contributed by atoms with E-state index < -0.39 is 6.10 Å². The van der Waals surface area contributed by atoms with Gasteiger partial charge in [0.1, 0.15) is 17.6 Å². The third-order valence-corrected chi connectivity index (χ3v) is 2.63. The number of aromatic nitrogens is 1. The van der Waals surface area contributed by atoms with E-state index in [1.165, 1.54) is 0 Å². The fraction of sp³-hybridized carbons (Fsp3) is 0.231. The second kappa shape index (κ2) is 4.93. The van der Waals surface area contributed by atoms with Gasteiger partial charge in [0.15, 0.2) is 0 Å². The van der Waals surface area contributed by atoms with Gasteiger partial charge in [-0.2, -0.15) is 0 Å². The van der Waals surface area contributed by atoms with Crippen molar-refractivity contribution in [2.24, 2.45) is 0 Å². The number of aliphatic hydroxyl groups is 1. The van der Waals surface area contributed by atoms with Crippen molar-refractivity contribution in [3.8, 4) is 11.5 Å². The third kappa shape index (κ3) is 2.42. The van der Waals surface area contributed by atoms with Crippen LogP contribution < -0.4 is 9.47 Å². The van der Waals surface area contributed by atoms with E-state index >= 15 is 0 Å². The monoisotopic (exact) mass is 233 g/mol. The maximum Gasteiger partial charge on any atom is 0.122 e. The van der Waals surface area contributed by atoms with Crippen molar-refractivity contribution in [1.82, 2.24) is 4.98 Å². The standard InChI is InChI=1S/C13H15NO3/c1-16-11-5-10(6-12(7-11)17-2)13(15)9-3-4-14-8-9/h3-8,13-15H,1-2H3. The second-order valence-electron chi connectivity index (χ2n) is 3.69. The van der Waals surface area contributed by atoms with Crippen molar-refractivity contribution >= 4 is 0 Å². The van der Waals surface area contributed by atoms with Crippen LogP contribution in [0.1, 0.15) is 17.2 Å². The van der Waals surface area contributed by atoms with Crippen LogP contribution in [0.25, 0.3) is 0 Å². The molecule has 0 saturated carbocycles. The van der Waals surface area contributed by atoms with Crippen LogP contribution in [0.5, 0.6) is 11.5 Å². The molecular weight excluding hydrogens is 218 g/mol. The summed E-state index contributed by atoms with van der Waals surface area (Å²) in [5.74, 6) is 1.32. The van der Waals surface area contributed by atoms with Crippen molar-refractivity contribution in [3.05, 3.63) is 47.8 Å². The molecule has 0 amide bonds. The van der Waals surface area contributed by atoms with Crippen LogP contribution in [0.2, 0.25) is 0 Å². The van der Waals surface area contributed by atoms with Gasteiger partial charge < -0.3 is 19.6 Å². The topological polar surface area (TPSA) is 54.5 Å². The summed E-state index contributed by atoms with van der Waals surface area (Å²) in [6.07, 6.45) is 2.84. The lowest BCUT2D eigenvalue weighted by atomic mass is 10.0. The van der Waals surface area contributed by atoms with Crippen LogP contribution in [-0.2, 0) is 0 Å². The van der Waals surface area contributed by atoms with Gasteiger partial charge in [-0.1, -0.05) is 0 Å². The van der Waals surface area contributed by atoms with Gasteiger partial charge in [0.25, 0.3) is 0 Å². The molecule has 4 nitrogen and oxygen atoms in total. The first-order valence-corrected chi connectivity index (χ1v) is 5.28. The van der Waals surface area contributed by atoms with E-state index in [1.807, 2.05) is 6.07 Å². The molecule has 0 bridgehead atoms. The molecule has 90 valence electrons. The summed E-state index contributed by atoms with van der Waals surface area (Å²) in [5, 5.41) is 10.2. The maximum absolute atomic E-state index is 10.2. The van der Waals surface area contributed by atoms with Crippen molar-refractivity contribution in [3.63, 3.8) is 0 Å². The number of ether oxygens (including phenoxy) is 2. The Balaban J connectivity index is 2.37. The van der Waals surface area contributed by atoms with Gasteiger partial charge >= 0.3 is 0 Å². The van der Waals surface area contributed by atoms with Crippen molar-refractivity contribution in [2.45, 2.75) is 6.10 Å². The van der Waals surface area contributed by atoms with Crippen LogP contribution in [0.3, 0.4) is 0 Å². The number of hydrogen-bond acceptors (Lipinski definition) is 3. The van der Waals surface area contributed by atoms with Crippen molar-refractivity contribution < 1.29 is 14.6 Å². The highest BCUT2D eigenvalue weighted by molar-refractivity contribution is 5.41. The molecule has 0 aliphatic carbocycles. The minimum atomic E-state index is -0.690. The molecule has 1 aromatic carbocycles. The zero-order chi connectivity index (χ0) is 12.3. The molecule has 0 spiro atoms. The van der Waals surface area contributed by atoms with E-state index in [0.29, 0.717) is 11.5 Å². The molecule has 4 heteroatoms. The second-order valence-corrected chi connectivity index (χ2v) is 3.69. The van der Waals surface area contributed by atoms with Crippen LogP contribution >= 0.6 is 0 Å². The highest BCUT2D eigenvalue weighted by Gasteiger charge is 2.13. The number of hydrogen-bond donors (Lipinski definition) is 2. The fourth-order valence-corrected chi connectivity index (χ4v) is 1.69. The van der Waals surface area contributed by atoms with Gasteiger partial charge in [-0.25, -0.2) is 0 Å². The summed E-state index contributed by atoms with van der Waals surface area (Å²) in [4.78, 5) is 2.92. The quantitative estimate of drug-likeness (QED) is 0.850. The smallest absolute Gasteiger partial charge is 0.122 e. The Bertz CT molecular complexity index is 457. The summed E-state index contributed by atoms with van der Waals surface area (Å²) in [6.45, 7) is 0. The molecule has 2 aromatic rings. The largest absolute Gasteiger partial charge is 0.497 e. The molecule has 0 radical (unpaired) electrons. The van der Waals surface area contributed by atoms with Gasteiger partial charge in [-0.15, -0.1) is 0 Å². The molecule has 0 aliphatic heterocycles. The summed E-state index contributed by atoms with van der Waals surface area (Å²) in [7, 11) is 3.17. The lowest BCUT2D eigenvalue weighted by Crippen LogP contribution is -1.99. The Morgan fingerprint density at radius 3 is 2.18 bits per heavy atom. The predicted molar refractivity (Wildman–Crippen MR) is 64.4 cm³/mol. The number of nitrogens with one attached hydrogen (secondary N) is 1. The van der Waals surface area contributed by atoms with E-state index in [9.17, 15) is 5.11 Å². The number of methoxy groups -OCH3 is 2. The minimum Gasteiger partial charge on any atom is -0.497 e.